The Kier molecular flexibility index (Phi) is 5.84. The van der Waals surface area contributed by atoms with E-state index in [-0.39, 0.29) is 13.5 Å². The van der Waals surface area contributed by atoms with Gasteiger partial charge in [0.15, 0.2) is 11.4 Å². The maximum absolute atomic E-state index is 10.5. The molecular formula is C21H19N5OS2. The van der Waals surface area contributed by atoms with Crippen LogP contribution in [0, 0.1) is 18.8 Å². The number of thiazole rings is 1. The van der Waals surface area contributed by atoms with E-state index in [1.807, 2.05) is 36.4 Å². The minimum absolute atomic E-state index is 0. The Morgan fingerprint density at radius 2 is 1.97 bits per heavy atom. The normalized spacial score (nSPS) is 12.5. The smallest absolute Gasteiger partial charge is 0.166 e. The van der Waals surface area contributed by atoms with Crippen LogP contribution >= 0.6 is 24.8 Å². The second-order valence-corrected chi connectivity index (χ2v) is 7.22. The van der Waals surface area contributed by atoms with Crippen LogP contribution in [0.4, 0.5) is 5.82 Å². The third-order valence-electron chi connectivity index (χ3n) is 4.22. The Hall–Kier alpha value is -2.99. The summed E-state index contributed by atoms with van der Waals surface area (Å²) in [4.78, 5) is 17.3. The maximum atomic E-state index is 10.5. The number of anilines is 1. The van der Waals surface area contributed by atoms with E-state index in [0.29, 0.717) is 28.4 Å². The highest BCUT2D eigenvalue weighted by Crippen LogP contribution is 2.24. The Morgan fingerprint density at radius 1 is 1.14 bits per heavy atom. The third kappa shape index (κ3) is 4.38. The molecule has 4 aromatic rings. The Labute approximate surface area is 179 Å². The highest BCUT2D eigenvalue weighted by molar-refractivity contribution is 7.59. The molecule has 0 amide bonds. The van der Waals surface area contributed by atoms with Crippen LogP contribution in [-0.4, -0.2) is 25.0 Å². The molecule has 1 atom stereocenters. The fraction of sp³-hybridized carbons (Fsp3) is 0.143. The van der Waals surface area contributed by atoms with Crippen molar-refractivity contribution >= 4 is 41.7 Å². The predicted octanol–water partition coefficient (Wildman–Crippen LogP) is 3.41. The lowest BCUT2D eigenvalue weighted by Crippen LogP contribution is -2.18. The standard InChI is InChI=1S/C21H17N5OS.H2S/c1-13-24-17-7-6-16(26-19(17)20(22)25-13)15-5-3-4-14(10-15)8-9-21(2,27)18-11-28-12-23-18;/h3-7,10-12,27H,1-2H3,(H2,22,24,25);1H2/t21-;/m0./s1. The number of fused-ring (bicyclic) bond motifs is 1. The third-order valence-corrected chi connectivity index (χ3v) is 4.81. The zero-order valence-electron chi connectivity index (χ0n) is 15.8. The van der Waals surface area contributed by atoms with E-state index in [0.717, 1.165) is 16.8 Å². The quantitative estimate of drug-likeness (QED) is 0.481. The van der Waals surface area contributed by atoms with Gasteiger partial charge in [0, 0.05) is 16.5 Å². The first-order valence-electron chi connectivity index (χ1n) is 8.58. The minimum Gasteiger partial charge on any atom is -0.382 e. The van der Waals surface area contributed by atoms with Gasteiger partial charge in [0.25, 0.3) is 0 Å². The van der Waals surface area contributed by atoms with Crippen molar-refractivity contribution in [1.29, 1.82) is 0 Å². The Balaban J connectivity index is 0.00000240. The molecule has 6 nitrogen and oxygen atoms in total. The fourth-order valence-corrected chi connectivity index (χ4v) is 3.44. The summed E-state index contributed by atoms with van der Waals surface area (Å²) in [6.07, 6.45) is 0. The van der Waals surface area contributed by atoms with Gasteiger partial charge in [-0.25, -0.2) is 19.9 Å². The van der Waals surface area contributed by atoms with Crippen molar-refractivity contribution in [2.45, 2.75) is 19.4 Å². The molecule has 1 aromatic carbocycles. The molecule has 0 saturated carbocycles. The summed E-state index contributed by atoms with van der Waals surface area (Å²) in [5.74, 6) is 6.89. The molecule has 0 aliphatic heterocycles. The van der Waals surface area contributed by atoms with Gasteiger partial charge in [0.2, 0.25) is 0 Å². The lowest BCUT2D eigenvalue weighted by molar-refractivity contribution is 0.118. The molecule has 0 bridgehead atoms. The number of hydrogen-bond donors (Lipinski definition) is 2. The van der Waals surface area contributed by atoms with Gasteiger partial charge in [0.05, 0.1) is 22.4 Å². The molecule has 0 fully saturated rings. The van der Waals surface area contributed by atoms with Gasteiger partial charge in [0.1, 0.15) is 11.3 Å². The average molecular weight is 422 g/mol. The lowest BCUT2D eigenvalue weighted by atomic mass is 10.0. The molecule has 0 radical (unpaired) electrons. The van der Waals surface area contributed by atoms with Crippen LogP contribution in [0.1, 0.15) is 24.0 Å². The molecule has 0 saturated heterocycles. The van der Waals surface area contributed by atoms with Crippen LogP contribution in [0.2, 0.25) is 0 Å². The zero-order chi connectivity index (χ0) is 19.7. The molecule has 146 valence electrons. The first-order chi connectivity index (χ1) is 13.4. The molecule has 3 N–H and O–H groups in total. The van der Waals surface area contributed by atoms with Crippen molar-refractivity contribution in [3.8, 4) is 23.1 Å². The van der Waals surface area contributed by atoms with Gasteiger partial charge in [-0.2, -0.15) is 13.5 Å². The zero-order valence-corrected chi connectivity index (χ0v) is 17.7. The second kappa shape index (κ2) is 8.17. The number of rotatable bonds is 2. The van der Waals surface area contributed by atoms with Crippen LogP contribution in [0.25, 0.3) is 22.3 Å². The van der Waals surface area contributed by atoms with Gasteiger partial charge in [-0.1, -0.05) is 24.0 Å². The van der Waals surface area contributed by atoms with Crippen molar-refractivity contribution in [3.05, 3.63) is 64.4 Å². The molecule has 29 heavy (non-hydrogen) atoms. The van der Waals surface area contributed by atoms with Crippen molar-refractivity contribution in [1.82, 2.24) is 19.9 Å². The molecule has 0 aliphatic carbocycles. The summed E-state index contributed by atoms with van der Waals surface area (Å²) in [6.45, 7) is 3.43. The van der Waals surface area contributed by atoms with Gasteiger partial charge in [-0.3, -0.25) is 0 Å². The van der Waals surface area contributed by atoms with Crippen molar-refractivity contribution < 1.29 is 5.11 Å². The number of aromatic nitrogens is 4. The summed E-state index contributed by atoms with van der Waals surface area (Å²) in [5, 5.41) is 12.3. The van der Waals surface area contributed by atoms with Crippen LogP contribution in [-0.2, 0) is 5.60 Å². The topological polar surface area (TPSA) is 97.8 Å². The molecule has 0 unspecified atom stereocenters. The minimum atomic E-state index is -1.30. The number of nitrogen functional groups attached to an aromatic ring is 1. The molecule has 0 spiro atoms. The molecule has 8 heteroatoms. The molecule has 4 rings (SSSR count). The van der Waals surface area contributed by atoms with E-state index < -0.39 is 5.60 Å². The second-order valence-electron chi connectivity index (χ2n) is 6.50. The number of nitrogens with two attached hydrogens (primary N) is 1. The Morgan fingerprint density at radius 3 is 2.72 bits per heavy atom. The van der Waals surface area contributed by atoms with E-state index >= 15 is 0 Å². The first kappa shape index (κ1) is 20.7. The number of aliphatic hydroxyl groups is 1. The average Bonchev–Trinajstić information content (AvgIpc) is 3.22. The number of pyridine rings is 1. The number of hydrogen-bond acceptors (Lipinski definition) is 7. The van der Waals surface area contributed by atoms with Crippen molar-refractivity contribution in [3.63, 3.8) is 0 Å². The van der Waals surface area contributed by atoms with E-state index in [1.165, 1.54) is 11.3 Å². The highest BCUT2D eigenvalue weighted by Gasteiger charge is 2.22. The number of aryl methyl sites for hydroxylation is 1. The van der Waals surface area contributed by atoms with E-state index in [2.05, 4.69) is 31.8 Å². The SMILES string of the molecule is Cc1nc(N)c2nc(-c3cccc(C#C[C@](C)(O)c4cscn4)c3)ccc2n1.S. The largest absolute Gasteiger partial charge is 0.382 e. The molecular weight excluding hydrogens is 402 g/mol. The van der Waals surface area contributed by atoms with E-state index in [4.69, 9.17) is 5.73 Å². The van der Waals surface area contributed by atoms with Crippen LogP contribution in [0.5, 0.6) is 0 Å². The van der Waals surface area contributed by atoms with Crippen molar-refractivity contribution in [2.24, 2.45) is 0 Å². The fourth-order valence-electron chi connectivity index (χ4n) is 2.79. The van der Waals surface area contributed by atoms with E-state index in [9.17, 15) is 5.11 Å². The Bertz CT molecular complexity index is 1230. The summed E-state index contributed by atoms with van der Waals surface area (Å²) < 4.78 is 0. The number of nitrogens with zero attached hydrogens (tertiary/aromatic N) is 4. The van der Waals surface area contributed by atoms with Crippen molar-refractivity contribution in [2.75, 3.05) is 5.73 Å². The molecule has 3 heterocycles. The van der Waals surface area contributed by atoms with Gasteiger partial charge < -0.3 is 10.8 Å². The maximum Gasteiger partial charge on any atom is 0.166 e. The van der Waals surface area contributed by atoms with E-state index in [1.54, 1.807) is 24.7 Å². The monoisotopic (exact) mass is 421 g/mol. The van der Waals surface area contributed by atoms with Crippen LogP contribution in [0.3, 0.4) is 0 Å². The van der Waals surface area contributed by atoms with Gasteiger partial charge in [-0.15, -0.1) is 11.3 Å². The van der Waals surface area contributed by atoms with Crippen LogP contribution in [0.15, 0.2) is 47.3 Å². The van der Waals surface area contributed by atoms with Gasteiger partial charge >= 0.3 is 0 Å². The lowest BCUT2D eigenvalue weighted by Gasteiger charge is -2.12. The molecule has 0 aliphatic rings. The summed E-state index contributed by atoms with van der Waals surface area (Å²) in [6, 6.07) is 11.4. The van der Waals surface area contributed by atoms with Gasteiger partial charge in [-0.05, 0) is 38.1 Å². The highest BCUT2D eigenvalue weighted by atomic mass is 32.1. The summed E-state index contributed by atoms with van der Waals surface area (Å²) in [5.41, 5.74) is 10.6. The summed E-state index contributed by atoms with van der Waals surface area (Å²) in [7, 11) is 0. The predicted molar refractivity (Wildman–Crippen MR) is 121 cm³/mol. The summed E-state index contributed by atoms with van der Waals surface area (Å²) >= 11 is 1.42. The van der Waals surface area contributed by atoms with Crippen LogP contribution < -0.4 is 5.73 Å². The number of benzene rings is 1. The molecule has 3 aromatic heterocycles. The first-order valence-corrected chi connectivity index (χ1v) is 9.52.